The summed E-state index contributed by atoms with van der Waals surface area (Å²) in [6.07, 6.45) is 46.6. The van der Waals surface area contributed by atoms with E-state index >= 15 is 0 Å². The largest absolute Gasteiger partial charge is 0.472 e. The predicted molar refractivity (Wildman–Crippen MR) is 254 cm³/mol. The Morgan fingerprint density at radius 2 is 1.11 bits per heavy atom. The molecular weight excluding hydrogens is 806 g/mol. The first-order valence-corrected chi connectivity index (χ1v) is 24.7. The molecule has 0 aliphatic rings. The lowest BCUT2D eigenvalue weighted by Gasteiger charge is -2.24. The Balaban J connectivity index is 4.66. The number of ether oxygens (including phenoxy) is 2. The molecule has 0 spiro atoms. The van der Waals surface area contributed by atoms with Gasteiger partial charge in [-0.2, -0.15) is 0 Å². The van der Waals surface area contributed by atoms with Crippen LogP contribution in [0.1, 0.15) is 142 Å². The zero-order valence-corrected chi connectivity index (χ0v) is 39.9. The fraction of sp³-hybridized carbons (Fsp3) is 0.640. The second-order valence-electron chi connectivity index (χ2n) is 16.5. The van der Waals surface area contributed by atoms with E-state index in [0.717, 1.165) is 44.9 Å². The van der Waals surface area contributed by atoms with Gasteiger partial charge in [0.05, 0.1) is 40.0 Å². The number of rotatable bonds is 40. The molecule has 62 heavy (non-hydrogen) atoms. The smallest absolute Gasteiger partial charge is 0.462 e. The molecule has 0 heterocycles. The highest BCUT2D eigenvalue weighted by Crippen LogP contribution is 2.43. The van der Waals surface area contributed by atoms with Gasteiger partial charge < -0.3 is 29.1 Å². The van der Waals surface area contributed by atoms with Crippen LogP contribution in [0.5, 0.6) is 0 Å². The number of quaternary nitrogens is 1. The highest BCUT2D eigenvalue weighted by Gasteiger charge is 2.27. The number of unbranched alkanes of at least 4 members (excludes halogenated alkanes) is 9. The van der Waals surface area contributed by atoms with Crippen molar-refractivity contribution < 1.29 is 52.3 Å². The SMILES string of the molecule is CCCCC/C=C\C/C=C\C/C=C\C/C=C\CCCCCC(=O)O[C@H](COC(=O)CCC[C@H](O)\C=C/C=C/C=C/[C@H](O)C/C=C\CCCCC)COP(=O)(O)OCC[N+](C)(C)C. The van der Waals surface area contributed by atoms with Crippen molar-refractivity contribution in [3.63, 3.8) is 0 Å². The van der Waals surface area contributed by atoms with Crippen LogP contribution in [0.15, 0.2) is 97.2 Å². The fourth-order valence-corrected chi connectivity index (χ4v) is 6.28. The third kappa shape index (κ3) is 43.5. The summed E-state index contributed by atoms with van der Waals surface area (Å²) in [5.74, 6) is -1.09. The summed E-state index contributed by atoms with van der Waals surface area (Å²) < 4.78 is 34.1. The number of phosphoric ester groups is 1. The molecule has 0 rings (SSSR count). The molecule has 0 aliphatic carbocycles. The highest BCUT2D eigenvalue weighted by molar-refractivity contribution is 7.47. The highest BCUT2D eigenvalue weighted by atomic mass is 31.2. The molecular formula is C50H85NO10P+. The number of carbonyl (C=O) groups is 2. The number of aliphatic hydroxyl groups excluding tert-OH is 2. The summed E-state index contributed by atoms with van der Waals surface area (Å²) in [4.78, 5) is 35.4. The Labute approximate surface area is 376 Å². The van der Waals surface area contributed by atoms with E-state index in [2.05, 4.69) is 68.5 Å². The lowest BCUT2D eigenvalue weighted by Crippen LogP contribution is -2.37. The van der Waals surface area contributed by atoms with Crippen molar-refractivity contribution in [2.75, 3.05) is 47.5 Å². The van der Waals surface area contributed by atoms with Gasteiger partial charge in [0.25, 0.3) is 0 Å². The normalized spacial score (nSPS) is 15.4. The van der Waals surface area contributed by atoms with E-state index in [0.29, 0.717) is 36.7 Å². The topological polar surface area (TPSA) is 149 Å². The number of nitrogens with zero attached hydrogens (tertiary/aromatic N) is 1. The molecule has 0 aliphatic heterocycles. The molecule has 1 unspecified atom stereocenters. The average molecular weight is 891 g/mol. The first kappa shape index (κ1) is 58.9. The van der Waals surface area contributed by atoms with Crippen LogP contribution >= 0.6 is 7.82 Å². The van der Waals surface area contributed by atoms with Gasteiger partial charge in [-0.15, -0.1) is 0 Å². The van der Waals surface area contributed by atoms with E-state index in [-0.39, 0.29) is 26.1 Å². The molecule has 0 fully saturated rings. The molecule has 0 aromatic rings. The maximum absolute atomic E-state index is 12.7. The van der Waals surface area contributed by atoms with Crippen molar-refractivity contribution in [3.05, 3.63) is 97.2 Å². The Bertz CT molecular complexity index is 1410. The minimum absolute atomic E-state index is 0.0159. The van der Waals surface area contributed by atoms with Crippen LogP contribution in [-0.4, -0.2) is 97.3 Å². The molecule has 4 atom stereocenters. The maximum Gasteiger partial charge on any atom is 0.472 e. The van der Waals surface area contributed by atoms with E-state index in [4.69, 9.17) is 18.5 Å². The zero-order valence-electron chi connectivity index (χ0n) is 39.0. The van der Waals surface area contributed by atoms with E-state index in [1.165, 1.54) is 44.9 Å². The van der Waals surface area contributed by atoms with Gasteiger partial charge in [-0.25, -0.2) is 4.57 Å². The number of likely N-dealkylation sites (N-methyl/N-ethyl adjacent to an activating group) is 1. The molecule has 0 bridgehead atoms. The molecule has 0 saturated heterocycles. The zero-order chi connectivity index (χ0) is 46.0. The third-order valence-electron chi connectivity index (χ3n) is 9.28. The number of phosphoric acid groups is 1. The molecule has 3 N–H and O–H groups in total. The van der Waals surface area contributed by atoms with Crippen LogP contribution in [0.4, 0.5) is 0 Å². The molecule has 0 amide bonds. The number of allylic oxidation sites excluding steroid dienone is 13. The summed E-state index contributed by atoms with van der Waals surface area (Å²) >= 11 is 0. The molecule has 0 aromatic carbocycles. The van der Waals surface area contributed by atoms with Gasteiger partial charge in [-0.3, -0.25) is 18.6 Å². The molecule has 11 nitrogen and oxygen atoms in total. The van der Waals surface area contributed by atoms with Gasteiger partial charge in [-0.05, 0) is 83.5 Å². The van der Waals surface area contributed by atoms with Crippen LogP contribution < -0.4 is 0 Å². The fourth-order valence-electron chi connectivity index (χ4n) is 5.54. The second-order valence-corrected chi connectivity index (χ2v) is 17.9. The standard InChI is InChI=1S/C50H84NO10P/c1-6-8-10-12-14-15-16-17-18-19-20-21-22-23-24-25-26-28-34-40-50(55)61-48(45-60-62(56,57)59-43-42-51(3,4)5)44-58-49(54)41-35-39-47(53)38-33-30-29-32-37-46(52)36-31-27-13-11-9-7-2/h14-15,17-18,20-21,23-24,27,29-33,37-38,46-48,52-53H,6-13,16,19,22,25-26,28,34-36,39-45H2,1-5H3/p+1/b15-14-,18-17-,21-20-,24-23-,30-29+,31-27-,37-32+,38-33-/t46-,47-,48-/m1/s1. The Morgan fingerprint density at radius 3 is 1.68 bits per heavy atom. The van der Waals surface area contributed by atoms with Crippen molar-refractivity contribution in [1.29, 1.82) is 0 Å². The van der Waals surface area contributed by atoms with Gasteiger partial charge >= 0.3 is 19.8 Å². The number of hydrogen-bond acceptors (Lipinski definition) is 9. The Morgan fingerprint density at radius 1 is 0.597 bits per heavy atom. The quantitative estimate of drug-likeness (QED) is 0.0136. The minimum atomic E-state index is -4.45. The summed E-state index contributed by atoms with van der Waals surface area (Å²) in [6.45, 7) is 3.98. The van der Waals surface area contributed by atoms with E-state index in [1.807, 2.05) is 27.2 Å². The van der Waals surface area contributed by atoms with Crippen molar-refractivity contribution in [3.8, 4) is 0 Å². The molecule has 12 heteroatoms. The summed E-state index contributed by atoms with van der Waals surface area (Å²) in [5, 5.41) is 20.3. The van der Waals surface area contributed by atoms with E-state index in [9.17, 15) is 29.3 Å². The second kappa shape index (κ2) is 40.6. The maximum atomic E-state index is 12.7. The predicted octanol–water partition coefficient (Wildman–Crippen LogP) is 11.3. The lowest BCUT2D eigenvalue weighted by atomic mass is 10.1. The van der Waals surface area contributed by atoms with Gasteiger partial charge in [0.15, 0.2) is 6.10 Å². The van der Waals surface area contributed by atoms with Gasteiger partial charge in [0.1, 0.15) is 19.8 Å². The van der Waals surface area contributed by atoms with Crippen LogP contribution in [0, 0.1) is 0 Å². The first-order valence-electron chi connectivity index (χ1n) is 23.2. The first-order chi connectivity index (χ1) is 29.8. The van der Waals surface area contributed by atoms with E-state index < -0.39 is 44.7 Å². The van der Waals surface area contributed by atoms with Crippen LogP contribution in [0.3, 0.4) is 0 Å². The van der Waals surface area contributed by atoms with Crippen molar-refractivity contribution in [1.82, 2.24) is 0 Å². The average Bonchev–Trinajstić information content (AvgIpc) is 3.21. The number of carbonyl (C=O) groups excluding carboxylic acids is 2. The monoisotopic (exact) mass is 891 g/mol. The molecule has 0 saturated carbocycles. The lowest BCUT2D eigenvalue weighted by molar-refractivity contribution is -0.870. The van der Waals surface area contributed by atoms with Crippen molar-refractivity contribution in [2.24, 2.45) is 0 Å². The molecule has 0 aromatic heterocycles. The van der Waals surface area contributed by atoms with Gasteiger partial charge in [-0.1, -0.05) is 143 Å². The van der Waals surface area contributed by atoms with Crippen molar-refractivity contribution >= 4 is 19.8 Å². The Kier molecular flexibility index (Phi) is 38.5. The Hall–Kier alpha value is -3.15. The molecule has 0 radical (unpaired) electrons. The van der Waals surface area contributed by atoms with Crippen LogP contribution in [-0.2, 0) is 32.7 Å². The van der Waals surface area contributed by atoms with E-state index in [1.54, 1.807) is 36.5 Å². The van der Waals surface area contributed by atoms with Crippen molar-refractivity contribution in [2.45, 2.75) is 161 Å². The number of hydrogen-bond donors (Lipinski definition) is 3. The third-order valence-corrected chi connectivity index (χ3v) is 10.3. The van der Waals surface area contributed by atoms with Crippen LogP contribution in [0.25, 0.3) is 0 Å². The van der Waals surface area contributed by atoms with Gasteiger partial charge in [0.2, 0.25) is 0 Å². The summed E-state index contributed by atoms with van der Waals surface area (Å²) in [7, 11) is 1.30. The number of esters is 2. The minimum Gasteiger partial charge on any atom is -0.462 e. The van der Waals surface area contributed by atoms with Gasteiger partial charge in [0, 0.05) is 12.8 Å². The summed E-state index contributed by atoms with van der Waals surface area (Å²) in [6, 6.07) is 0. The van der Waals surface area contributed by atoms with Crippen LogP contribution in [0.2, 0.25) is 0 Å². The molecule has 354 valence electrons. The summed E-state index contributed by atoms with van der Waals surface area (Å²) in [5.41, 5.74) is 0. The number of aliphatic hydroxyl groups is 2.